The average Bonchev–Trinajstić information content (AvgIpc) is 2.20. The van der Waals surface area contributed by atoms with Crippen molar-refractivity contribution in [2.45, 2.75) is 13.0 Å². The lowest BCUT2D eigenvalue weighted by atomic mass is 10.2. The average molecular weight is 275 g/mol. The van der Waals surface area contributed by atoms with Crippen LogP contribution in [0.25, 0.3) is 0 Å². The molecule has 0 aliphatic carbocycles. The van der Waals surface area contributed by atoms with E-state index in [0.717, 1.165) is 0 Å². The zero-order chi connectivity index (χ0) is 13.0. The largest absolute Gasteiger partial charge is 0.398 e. The Kier molecular flexibility index (Phi) is 4.96. The number of nitrogen functional groups attached to an aromatic ring is 1. The molecule has 0 fully saturated rings. The first-order valence-corrected chi connectivity index (χ1v) is 7.16. The number of carbonyl (C=O) groups excluding carboxylic acids is 1. The number of halogens is 1. The number of anilines is 1. The van der Waals surface area contributed by atoms with Gasteiger partial charge in [-0.05, 0) is 25.1 Å². The lowest BCUT2D eigenvalue weighted by Gasteiger charge is -2.12. The first-order chi connectivity index (χ1) is 7.90. The molecule has 0 saturated carbocycles. The van der Waals surface area contributed by atoms with Crippen LogP contribution in [0.3, 0.4) is 0 Å². The maximum atomic E-state index is 11.8. The molecule has 94 valence electrons. The van der Waals surface area contributed by atoms with E-state index in [1.165, 1.54) is 6.07 Å². The van der Waals surface area contributed by atoms with E-state index in [0.29, 0.717) is 22.0 Å². The molecule has 2 unspecified atom stereocenters. The molecule has 3 N–H and O–H groups in total. The van der Waals surface area contributed by atoms with Crippen molar-refractivity contribution >= 4 is 34.0 Å². The minimum absolute atomic E-state index is 0.148. The van der Waals surface area contributed by atoms with E-state index in [2.05, 4.69) is 5.32 Å². The van der Waals surface area contributed by atoms with Crippen LogP contribution in [0.1, 0.15) is 17.3 Å². The van der Waals surface area contributed by atoms with Crippen LogP contribution in [0, 0.1) is 0 Å². The lowest BCUT2D eigenvalue weighted by Crippen LogP contribution is -2.36. The number of amides is 1. The Morgan fingerprint density at radius 1 is 1.59 bits per heavy atom. The lowest BCUT2D eigenvalue weighted by molar-refractivity contribution is 0.0944. The molecule has 6 heteroatoms. The summed E-state index contributed by atoms with van der Waals surface area (Å²) in [4.78, 5) is 11.8. The molecular formula is C11H15ClN2O2S. The van der Waals surface area contributed by atoms with Crippen molar-refractivity contribution in [3.8, 4) is 0 Å². The van der Waals surface area contributed by atoms with Crippen LogP contribution in [0.5, 0.6) is 0 Å². The normalized spacial score (nSPS) is 14.1. The Labute approximate surface area is 108 Å². The summed E-state index contributed by atoms with van der Waals surface area (Å²) in [5.41, 5.74) is 6.42. The Bertz CT molecular complexity index is 451. The van der Waals surface area contributed by atoms with Gasteiger partial charge in [-0.3, -0.25) is 9.00 Å². The van der Waals surface area contributed by atoms with Crippen LogP contribution in [-0.2, 0) is 10.8 Å². The van der Waals surface area contributed by atoms with Crippen LogP contribution in [0.4, 0.5) is 5.69 Å². The van der Waals surface area contributed by atoms with E-state index in [1.807, 2.05) is 0 Å². The highest BCUT2D eigenvalue weighted by Gasteiger charge is 2.11. The van der Waals surface area contributed by atoms with E-state index in [1.54, 1.807) is 25.3 Å². The van der Waals surface area contributed by atoms with E-state index >= 15 is 0 Å². The minimum atomic E-state index is -0.937. The van der Waals surface area contributed by atoms with Gasteiger partial charge in [0, 0.05) is 34.4 Å². The van der Waals surface area contributed by atoms with Gasteiger partial charge in [-0.1, -0.05) is 11.6 Å². The highest BCUT2D eigenvalue weighted by molar-refractivity contribution is 7.84. The summed E-state index contributed by atoms with van der Waals surface area (Å²) in [5.74, 6) is 0.181. The second-order valence-electron chi connectivity index (χ2n) is 3.85. The molecule has 4 nitrogen and oxygen atoms in total. The zero-order valence-electron chi connectivity index (χ0n) is 9.70. The molecule has 0 saturated heterocycles. The minimum Gasteiger partial charge on any atom is -0.398 e. The summed E-state index contributed by atoms with van der Waals surface area (Å²) in [7, 11) is -0.937. The Morgan fingerprint density at radius 3 is 2.76 bits per heavy atom. The fourth-order valence-corrected chi connectivity index (χ4v) is 2.29. The van der Waals surface area contributed by atoms with Gasteiger partial charge < -0.3 is 11.1 Å². The van der Waals surface area contributed by atoms with Gasteiger partial charge in [0.05, 0.1) is 10.7 Å². The number of carbonyl (C=O) groups is 1. The van der Waals surface area contributed by atoms with Crippen molar-refractivity contribution in [1.29, 1.82) is 0 Å². The number of rotatable bonds is 4. The monoisotopic (exact) mass is 274 g/mol. The molecule has 2 atom stereocenters. The third kappa shape index (κ3) is 4.36. The molecular weight excluding hydrogens is 260 g/mol. The summed E-state index contributed by atoms with van der Waals surface area (Å²) in [6.45, 7) is 1.80. The standard InChI is InChI=1S/C11H15ClN2O2S/c1-7(6-17(2)16)14-11(15)8-3-4-9(12)10(13)5-8/h3-5,7H,6,13H2,1-2H3,(H,14,15). The van der Waals surface area contributed by atoms with Crippen LogP contribution in [0.2, 0.25) is 5.02 Å². The van der Waals surface area contributed by atoms with Gasteiger partial charge in [0.15, 0.2) is 0 Å². The molecule has 17 heavy (non-hydrogen) atoms. The summed E-state index contributed by atoms with van der Waals surface area (Å²) >= 11 is 5.76. The number of hydrogen-bond donors (Lipinski definition) is 2. The molecule has 1 rings (SSSR count). The summed E-state index contributed by atoms with van der Waals surface area (Å²) < 4.78 is 11.0. The predicted molar refractivity (Wildman–Crippen MR) is 71.7 cm³/mol. The van der Waals surface area contributed by atoms with E-state index in [4.69, 9.17) is 17.3 Å². The Hall–Kier alpha value is -1.07. The van der Waals surface area contributed by atoms with Gasteiger partial charge in [-0.15, -0.1) is 0 Å². The fourth-order valence-electron chi connectivity index (χ4n) is 1.39. The second-order valence-corrected chi connectivity index (χ2v) is 5.74. The van der Waals surface area contributed by atoms with Gasteiger partial charge in [0.2, 0.25) is 0 Å². The maximum Gasteiger partial charge on any atom is 0.251 e. The first kappa shape index (κ1) is 14.0. The molecule has 1 amide bonds. The van der Waals surface area contributed by atoms with Crippen LogP contribution in [-0.4, -0.2) is 28.2 Å². The van der Waals surface area contributed by atoms with Gasteiger partial charge >= 0.3 is 0 Å². The van der Waals surface area contributed by atoms with Crippen molar-refractivity contribution in [3.63, 3.8) is 0 Å². The maximum absolute atomic E-state index is 11.8. The summed E-state index contributed by atoms with van der Waals surface area (Å²) in [5, 5.41) is 3.16. The van der Waals surface area contributed by atoms with Gasteiger partial charge in [0.1, 0.15) is 0 Å². The van der Waals surface area contributed by atoms with E-state index < -0.39 is 10.8 Å². The molecule has 0 aromatic heterocycles. The molecule has 1 aromatic rings. The highest BCUT2D eigenvalue weighted by Crippen LogP contribution is 2.19. The SMILES string of the molecule is CC(CS(C)=O)NC(=O)c1ccc(Cl)c(N)c1. The molecule has 0 bridgehead atoms. The Balaban J connectivity index is 2.70. The number of nitrogens with two attached hydrogens (primary N) is 1. The van der Waals surface area contributed by atoms with Crippen molar-refractivity contribution in [2.75, 3.05) is 17.7 Å². The highest BCUT2D eigenvalue weighted by atomic mass is 35.5. The topological polar surface area (TPSA) is 72.2 Å². The molecule has 0 spiro atoms. The van der Waals surface area contributed by atoms with Crippen molar-refractivity contribution < 1.29 is 9.00 Å². The van der Waals surface area contributed by atoms with Gasteiger partial charge in [0.25, 0.3) is 5.91 Å². The van der Waals surface area contributed by atoms with Crippen LogP contribution >= 0.6 is 11.6 Å². The van der Waals surface area contributed by atoms with Crippen molar-refractivity contribution in [1.82, 2.24) is 5.32 Å². The van der Waals surface area contributed by atoms with Crippen molar-refractivity contribution in [3.05, 3.63) is 28.8 Å². The zero-order valence-corrected chi connectivity index (χ0v) is 11.3. The smallest absolute Gasteiger partial charge is 0.251 e. The van der Waals surface area contributed by atoms with Crippen LogP contribution in [0.15, 0.2) is 18.2 Å². The Morgan fingerprint density at radius 2 is 2.24 bits per heavy atom. The molecule has 0 aliphatic heterocycles. The van der Waals surface area contributed by atoms with E-state index in [-0.39, 0.29) is 11.9 Å². The molecule has 0 aliphatic rings. The van der Waals surface area contributed by atoms with E-state index in [9.17, 15) is 9.00 Å². The molecule has 0 heterocycles. The summed E-state index contributed by atoms with van der Waals surface area (Å²) in [6, 6.07) is 4.55. The van der Waals surface area contributed by atoms with Crippen LogP contribution < -0.4 is 11.1 Å². The summed E-state index contributed by atoms with van der Waals surface area (Å²) in [6.07, 6.45) is 1.60. The number of hydrogen-bond acceptors (Lipinski definition) is 3. The second kappa shape index (κ2) is 6.02. The number of nitrogens with one attached hydrogen (secondary N) is 1. The molecule has 1 aromatic carbocycles. The third-order valence-corrected chi connectivity index (χ3v) is 3.43. The molecule has 0 radical (unpaired) electrons. The predicted octanol–water partition coefficient (Wildman–Crippen LogP) is 1.42. The van der Waals surface area contributed by atoms with Gasteiger partial charge in [-0.2, -0.15) is 0 Å². The fraction of sp³-hybridized carbons (Fsp3) is 0.364. The third-order valence-electron chi connectivity index (χ3n) is 2.12. The first-order valence-electron chi connectivity index (χ1n) is 5.06. The quantitative estimate of drug-likeness (QED) is 0.816. The number of benzene rings is 1. The van der Waals surface area contributed by atoms with Gasteiger partial charge in [-0.25, -0.2) is 0 Å². The van der Waals surface area contributed by atoms with Crippen molar-refractivity contribution in [2.24, 2.45) is 0 Å².